The van der Waals surface area contributed by atoms with E-state index in [1.165, 1.54) is 0 Å². The summed E-state index contributed by atoms with van der Waals surface area (Å²) in [5, 5.41) is 5.76. The minimum absolute atomic E-state index is 0.0317. The molecule has 1 aromatic rings. The maximum atomic E-state index is 12.7. The SMILES string of the molecule is CC[Si](CC)(CC)O[C@H]1CNC(=O)C(NC(=O)OCc2ccccc2)CCC[C@@H]1C. The Kier molecular flexibility index (Phi) is 9.85. The number of carbonyl (C=O) groups is 2. The molecular weight excluding hydrogens is 396 g/mol. The van der Waals surface area contributed by atoms with E-state index in [4.69, 9.17) is 9.16 Å². The smallest absolute Gasteiger partial charge is 0.408 e. The summed E-state index contributed by atoms with van der Waals surface area (Å²) in [7, 11) is -1.75. The fourth-order valence-electron chi connectivity index (χ4n) is 4.01. The molecule has 1 heterocycles. The molecule has 3 atom stereocenters. The summed E-state index contributed by atoms with van der Waals surface area (Å²) < 4.78 is 12.0. The van der Waals surface area contributed by atoms with Gasteiger partial charge >= 0.3 is 6.09 Å². The highest BCUT2D eigenvalue weighted by atomic mass is 28.4. The molecule has 168 valence electrons. The minimum Gasteiger partial charge on any atom is -0.445 e. The Labute approximate surface area is 182 Å². The summed E-state index contributed by atoms with van der Waals surface area (Å²) in [6, 6.07) is 12.2. The van der Waals surface area contributed by atoms with Crippen LogP contribution in [-0.2, 0) is 20.6 Å². The molecule has 1 unspecified atom stereocenters. The normalized spacial score (nSPS) is 22.9. The van der Waals surface area contributed by atoms with Crippen LogP contribution in [0.15, 0.2) is 30.3 Å². The number of amides is 2. The number of ether oxygens (including phenoxy) is 1. The molecule has 0 spiro atoms. The maximum Gasteiger partial charge on any atom is 0.408 e. The van der Waals surface area contributed by atoms with Crippen LogP contribution in [0.4, 0.5) is 4.79 Å². The molecule has 1 aromatic carbocycles. The van der Waals surface area contributed by atoms with Gasteiger partial charge in [-0.2, -0.15) is 0 Å². The maximum absolute atomic E-state index is 12.7. The van der Waals surface area contributed by atoms with Crippen molar-refractivity contribution in [2.45, 2.75) is 83.8 Å². The molecule has 0 aliphatic carbocycles. The molecule has 0 saturated carbocycles. The summed E-state index contributed by atoms with van der Waals surface area (Å²) in [5.74, 6) is 0.205. The number of hydrogen-bond donors (Lipinski definition) is 2. The summed E-state index contributed by atoms with van der Waals surface area (Å²) >= 11 is 0. The van der Waals surface area contributed by atoms with Crippen LogP contribution in [0, 0.1) is 5.92 Å². The van der Waals surface area contributed by atoms with Crippen molar-refractivity contribution in [3.05, 3.63) is 35.9 Å². The number of hydrogen-bond acceptors (Lipinski definition) is 4. The van der Waals surface area contributed by atoms with E-state index in [1.54, 1.807) is 0 Å². The molecule has 30 heavy (non-hydrogen) atoms. The van der Waals surface area contributed by atoms with Crippen LogP contribution in [0.25, 0.3) is 0 Å². The van der Waals surface area contributed by atoms with E-state index in [2.05, 4.69) is 38.3 Å². The first kappa shape index (κ1) is 24.4. The molecule has 6 nitrogen and oxygen atoms in total. The standard InChI is InChI=1S/C23H38N2O4Si/c1-5-30(6-2,7-3)29-21-16-24-22(26)20(15-11-12-18(21)4)25-23(27)28-17-19-13-9-8-10-14-19/h8-10,13-14,18,20-21H,5-7,11-12,15-17H2,1-4H3,(H,24,26)(H,25,27)/t18-,20?,21-/m0/s1. The van der Waals surface area contributed by atoms with Crippen LogP contribution in [0.1, 0.15) is 52.5 Å². The highest BCUT2D eigenvalue weighted by Gasteiger charge is 2.35. The first-order chi connectivity index (χ1) is 14.4. The van der Waals surface area contributed by atoms with E-state index < -0.39 is 20.5 Å². The molecular formula is C23H38N2O4Si. The Balaban J connectivity index is 1.92. The average Bonchev–Trinajstić information content (AvgIpc) is 2.83. The van der Waals surface area contributed by atoms with Crippen molar-refractivity contribution in [2.24, 2.45) is 5.92 Å². The van der Waals surface area contributed by atoms with E-state index in [0.717, 1.165) is 36.5 Å². The number of alkyl carbamates (subject to hydrolysis) is 1. The molecule has 1 aliphatic rings. The molecule has 0 radical (unpaired) electrons. The summed E-state index contributed by atoms with van der Waals surface area (Å²) in [6.45, 7) is 9.55. The third-order valence-electron chi connectivity index (χ3n) is 6.42. The Morgan fingerprint density at radius 2 is 1.80 bits per heavy atom. The first-order valence-electron chi connectivity index (χ1n) is 11.4. The molecule has 0 bridgehead atoms. The second kappa shape index (κ2) is 12.1. The lowest BCUT2D eigenvalue weighted by molar-refractivity contribution is -0.123. The van der Waals surface area contributed by atoms with Crippen molar-refractivity contribution in [1.82, 2.24) is 10.6 Å². The van der Waals surface area contributed by atoms with Crippen molar-refractivity contribution >= 4 is 20.3 Å². The monoisotopic (exact) mass is 434 g/mol. The predicted octanol–water partition coefficient (Wildman–Crippen LogP) is 4.61. The van der Waals surface area contributed by atoms with Gasteiger partial charge in [-0.3, -0.25) is 4.79 Å². The molecule has 2 N–H and O–H groups in total. The van der Waals surface area contributed by atoms with Crippen molar-refractivity contribution in [2.75, 3.05) is 6.54 Å². The van der Waals surface area contributed by atoms with Gasteiger partial charge in [-0.05, 0) is 42.5 Å². The molecule has 2 rings (SSSR count). The predicted molar refractivity (Wildman–Crippen MR) is 122 cm³/mol. The van der Waals surface area contributed by atoms with Gasteiger partial charge < -0.3 is 19.8 Å². The van der Waals surface area contributed by atoms with Gasteiger partial charge in [0.2, 0.25) is 5.91 Å². The lowest BCUT2D eigenvalue weighted by Gasteiger charge is -2.36. The van der Waals surface area contributed by atoms with Crippen LogP contribution >= 0.6 is 0 Å². The largest absolute Gasteiger partial charge is 0.445 e. The highest BCUT2D eigenvalue weighted by molar-refractivity contribution is 6.73. The van der Waals surface area contributed by atoms with Gasteiger partial charge in [0, 0.05) is 6.54 Å². The summed E-state index contributed by atoms with van der Waals surface area (Å²) in [5.41, 5.74) is 0.913. The van der Waals surface area contributed by atoms with Crippen LogP contribution in [0.2, 0.25) is 18.1 Å². The minimum atomic E-state index is -1.75. The molecule has 0 aromatic heterocycles. The average molecular weight is 435 g/mol. The lowest BCUT2D eigenvalue weighted by atomic mass is 9.97. The van der Waals surface area contributed by atoms with Gasteiger partial charge in [0.1, 0.15) is 12.6 Å². The van der Waals surface area contributed by atoms with Crippen LogP contribution in [-0.4, -0.2) is 39.0 Å². The molecule has 7 heteroatoms. The summed E-state index contributed by atoms with van der Waals surface area (Å²) in [4.78, 5) is 24.9. The summed E-state index contributed by atoms with van der Waals surface area (Å²) in [6.07, 6.45) is 1.90. The van der Waals surface area contributed by atoms with Crippen molar-refractivity contribution in [3.8, 4) is 0 Å². The second-order valence-electron chi connectivity index (χ2n) is 8.31. The van der Waals surface area contributed by atoms with E-state index in [0.29, 0.717) is 18.9 Å². The first-order valence-corrected chi connectivity index (χ1v) is 13.9. The van der Waals surface area contributed by atoms with E-state index in [9.17, 15) is 9.59 Å². The van der Waals surface area contributed by atoms with Crippen molar-refractivity contribution in [1.29, 1.82) is 0 Å². The van der Waals surface area contributed by atoms with Gasteiger partial charge in [0.15, 0.2) is 8.32 Å². The van der Waals surface area contributed by atoms with E-state index in [-0.39, 0.29) is 18.6 Å². The third-order valence-corrected chi connectivity index (χ3v) is 11.1. The Hall–Kier alpha value is -1.86. The fourth-order valence-corrected chi connectivity index (χ4v) is 6.97. The van der Waals surface area contributed by atoms with Crippen LogP contribution in [0.5, 0.6) is 0 Å². The fraction of sp³-hybridized carbons (Fsp3) is 0.652. The topological polar surface area (TPSA) is 76.7 Å². The molecule has 1 fully saturated rings. The van der Waals surface area contributed by atoms with Crippen molar-refractivity contribution < 1.29 is 18.8 Å². The molecule has 1 saturated heterocycles. The Morgan fingerprint density at radius 1 is 1.13 bits per heavy atom. The quantitative estimate of drug-likeness (QED) is 0.586. The number of nitrogens with one attached hydrogen (secondary N) is 2. The van der Waals surface area contributed by atoms with Crippen molar-refractivity contribution in [3.63, 3.8) is 0 Å². The zero-order valence-electron chi connectivity index (χ0n) is 18.9. The zero-order chi connectivity index (χ0) is 22.0. The number of benzene rings is 1. The third kappa shape index (κ3) is 7.13. The number of carbonyl (C=O) groups excluding carboxylic acids is 2. The molecule has 1 aliphatic heterocycles. The van der Waals surface area contributed by atoms with Gasteiger partial charge in [-0.1, -0.05) is 64.4 Å². The van der Waals surface area contributed by atoms with E-state index >= 15 is 0 Å². The van der Waals surface area contributed by atoms with E-state index in [1.807, 2.05) is 30.3 Å². The van der Waals surface area contributed by atoms with Gasteiger partial charge in [-0.15, -0.1) is 0 Å². The zero-order valence-corrected chi connectivity index (χ0v) is 19.9. The highest BCUT2D eigenvalue weighted by Crippen LogP contribution is 2.28. The lowest BCUT2D eigenvalue weighted by Crippen LogP contribution is -2.50. The Bertz CT molecular complexity index is 658. The number of rotatable bonds is 8. The van der Waals surface area contributed by atoms with Gasteiger partial charge in [0.25, 0.3) is 0 Å². The van der Waals surface area contributed by atoms with Gasteiger partial charge in [0.05, 0.1) is 6.10 Å². The van der Waals surface area contributed by atoms with Crippen LogP contribution < -0.4 is 10.6 Å². The second-order valence-corrected chi connectivity index (χ2v) is 13.0. The molecule has 2 amide bonds. The Morgan fingerprint density at radius 3 is 2.43 bits per heavy atom. The van der Waals surface area contributed by atoms with Gasteiger partial charge in [-0.25, -0.2) is 4.79 Å². The van der Waals surface area contributed by atoms with Crippen LogP contribution in [0.3, 0.4) is 0 Å².